The van der Waals surface area contributed by atoms with Gasteiger partial charge in [-0.15, -0.1) is 0 Å². The van der Waals surface area contributed by atoms with E-state index < -0.39 is 0 Å². The Bertz CT molecular complexity index is 425. The van der Waals surface area contributed by atoms with Gasteiger partial charge in [-0.05, 0) is 44.2 Å². The number of guanidine groups is 1. The molecule has 1 aliphatic rings. The van der Waals surface area contributed by atoms with Crippen molar-refractivity contribution < 1.29 is 9.15 Å². The van der Waals surface area contributed by atoms with Crippen molar-refractivity contribution in [1.29, 1.82) is 0 Å². The summed E-state index contributed by atoms with van der Waals surface area (Å²) in [6.45, 7) is 6.63. The lowest BCUT2D eigenvalue weighted by molar-refractivity contribution is 0.0625. The number of ether oxygens (including phenoxy) is 1. The molecule has 1 saturated heterocycles. The molecule has 1 fully saturated rings. The average Bonchev–Trinajstić information content (AvgIpc) is 3.06. The maximum absolute atomic E-state index is 5.42. The zero-order chi connectivity index (χ0) is 15.6. The highest BCUT2D eigenvalue weighted by Gasteiger charge is 2.15. The summed E-state index contributed by atoms with van der Waals surface area (Å²) in [5.74, 6) is 2.77. The van der Waals surface area contributed by atoms with E-state index in [1.165, 1.54) is 19.3 Å². The molecule has 0 aliphatic carbocycles. The van der Waals surface area contributed by atoms with Crippen molar-refractivity contribution in [3.05, 3.63) is 24.2 Å². The first-order valence-corrected chi connectivity index (χ1v) is 8.39. The first kappa shape index (κ1) is 16.9. The largest absolute Gasteiger partial charge is 0.469 e. The van der Waals surface area contributed by atoms with Crippen LogP contribution in [-0.4, -0.2) is 50.8 Å². The first-order chi connectivity index (χ1) is 10.8. The summed E-state index contributed by atoms with van der Waals surface area (Å²) < 4.78 is 10.8. The molecule has 0 radical (unpaired) electrons. The van der Waals surface area contributed by atoms with Gasteiger partial charge in [0.25, 0.3) is 0 Å². The fraction of sp³-hybridized carbons (Fsp3) is 0.706. The Labute approximate surface area is 133 Å². The van der Waals surface area contributed by atoms with E-state index in [1.807, 2.05) is 12.1 Å². The van der Waals surface area contributed by atoms with Crippen LogP contribution in [0.1, 0.15) is 31.9 Å². The molecule has 0 atom stereocenters. The summed E-state index contributed by atoms with van der Waals surface area (Å²) in [5, 5.41) is 3.37. The average molecular weight is 307 g/mol. The zero-order valence-electron chi connectivity index (χ0n) is 13.9. The Morgan fingerprint density at radius 1 is 1.41 bits per heavy atom. The highest BCUT2D eigenvalue weighted by Crippen LogP contribution is 2.18. The monoisotopic (exact) mass is 307 g/mol. The highest BCUT2D eigenvalue weighted by molar-refractivity contribution is 5.79. The standard InChI is InChI=1S/C17H29N3O2/c1-3-18-17(19-10-6-16-5-4-12-22-16)20(2)11-7-15-8-13-21-14-9-15/h4-5,12,15H,3,6-11,13-14H2,1-2H3,(H,18,19). The molecule has 0 unspecified atom stereocenters. The van der Waals surface area contributed by atoms with Gasteiger partial charge in [0.05, 0.1) is 6.26 Å². The normalized spacial score (nSPS) is 16.7. The number of hydrogen-bond donors (Lipinski definition) is 1. The molecule has 1 N–H and O–H groups in total. The molecular weight excluding hydrogens is 278 g/mol. The van der Waals surface area contributed by atoms with Gasteiger partial charge in [-0.3, -0.25) is 4.99 Å². The molecular formula is C17H29N3O2. The third kappa shape index (κ3) is 5.72. The second-order valence-electron chi connectivity index (χ2n) is 5.83. The molecule has 5 heteroatoms. The van der Waals surface area contributed by atoms with Crippen LogP contribution in [0.3, 0.4) is 0 Å². The molecule has 0 spiro atoms. The molecule has 1 aromatic rings. The van der Waals surface area contributed by atoms with E-state index in [9.17, 15) is 0 Å². The van der Waals surface area contributed by atoms with Crippen LogP contribution in [0.5, 0.6) is 0 Å². The SMILES string of the molecule is CCNC(=NCCc1ccco1)N(C)CCC1CCOCC1. The molecule has 22 heavy (non-hydrogen) atoms. The molecule has 2 heterocycles. The molecule has 0 saturated carbocycles. The summed E-state index contributed by atoms with van der Waals surface area (Å²) >= 11 is 0. The van der Waals surface area contributed by atoms with E-state index in [0.717, 1.165) is 56.9 Å². The number of rotatable bonds is 7. The number of nitrogens with one attached hydrogen (secondary N) is 1. The molecule has 0 aromatic carbocycles. The van der Waals surface area contributed by atoms with E-state index in [4.69, 9.17) is 14.1 Å². The van der Waals surface area contributed by atoms with Gasteiger partial charge >= 0.3 is 0 Å². The number of furan rings is 1. The number of hydrogen-bond acceptors (Lipinski definition) is 3. The van der Waals surface area contributed by atoms with Crippen LogP contribution in [0.15, 0.2) is 27.8 Å². The van der Waals surface area contributed by atoms with Crippen molar-refractivity contribution in [2.24, 2.45) is 10.9 Å². The van der Waals surface area contributed by atoms with E-state index >= 15 is 0 Å². The lowest BCUT2D eigenvalue weighted by Crippen LogP contribution is -2.40. The van der Waals surface area contributed by atoms with E-state index in [0.29, 0.717) is 0 Å². The van der Waals surface area contributed by atoms with Crippen molar-refractivity contribution in [3.8, 4) is 0 Å². The van der Waals surface area contributed by atoms with Crippen LogP contribution in [0, 0.1) is 5.92 Å². The minimum atomic E-state index is 0.747. The van der Waals surface area contributed by atoms with Gasteiger partial charge in [0.1, 0.15) is 5.76 Å². The summed E-state index contributed by atoms with van der Waals surface area (Å²) in [4.78, 5) is 6.94. The second-order valence-corrected chi connectivity index (χ2v) is 5.83. The summed E-state index contributed by atoms with van der Waals surface area (Å²) in [5.41, 5.74) is 0. The predicted octanol–water partition coefficient (Wildman–Crippen LogP) is 2.54. The van der Waals surface area contributed by atoms with Crippen LogP contribution >= 0.6 is 0 Å². The maximum Gasteiger partial charge on any atom is 0.193 e. The van der Waals surface area contributed by atoms with Crippen molar-refractivity contribution in [2.45, 2.75) is 32.6 Å². The van der Waals surface area contributed by atoms with Gasteiger partial charge in [-0.25, -0.2) is 0 Å². The minimum Gasteiger partial charge on any atom is -0.469 e. The summed E-state index contributed by atoms with van der Waals surface area (Å²) in [7, 11) is 2.12. The fourth-order valence-electron chi connectivity index (χ4n) is 2.71. The topological polar surface area (TPSA) is 50.0 Å². The van der Waals surface area contributed by atoms with Gasteiger partial charge in [0, 0.05) is 46.3 Å². The maximum atomic E-state index is 5.42. The van der Waals surface area contributed by atoms with Crippen LogP contribution in [0.25, 0.3) is 0 Å². The molecule has 1 aromatic heterocycles. The first-order valence-electron chi connectivity index (χ1n) is 8.39. The number of nitrogens with zero attached hydrogens (tertiary/aromatic N) is 2. The van der Waals surface area contributed by atoms with E-state index in [-0.39, 0.29) is 0 Å². The number of aliphatic imine (C=N–C) groups is 1. The Hall–Kier alpha value is -1.49. The Kier molecular flexibility index (Phi) is 7.30. The van der Waals surface area contributed by atoms with Crippen LogP contribution in [0.4, 0.5) is 0 Å². The molecule has 0 amide bonds. The van der Waals surface area contributed by atoms with Crippen LogP contribution < -0.4 is 5.32 Å². The Morgan fingerprint density at radius 2 is 2.23 bits per heavy atom. The van der Waals surface area contributed by atoms with Crippen LogP contribution in [-0.2, 0) is 11.2 Å². The lowest BCUT2D eigenvalue weighted by atomic mass is 9.96. The van der Waals surface area contributed by atoms with Gasteiger partial charge in [-0.1, -0.05) is 0 Å². The fourth-order valence-corrected chi connectivity index (χ4v) is 2.71. The molecule has 1 aliphatic heterocycles. The van der Waals surface area contributed by atoms with Crippen LogP contribution in [0.2, 0.25) is 0 Å². The minimum absolute atomic E-state index is 0.747. The molecule has 2 rings (SSSR count). The van der Waals surface area contributed by atoms with Gasteiger partial charge < -0.3 is 19.4 Å². The Morgan fingerprint density at radius 3 is 2.91 bits per heavy atom. The van der Waals surface area contributed by atoms with E-state index in [1.54, 1.807) is 6.26 Å². The third-order valence-corrected chi connectivity index (χ3v) is 4.11. The summed E-state index contributed by atoms with van der Waals surface area (Å²) in [6, 6.07) is 3.92. The Balaban J connectivity index is 1.77. The van der Waals surface area contributed by atoms with Crippen molar-refractivity contribution in [3.63, 3.8) is 0 Å². The molecule has 124 valence electrons. The second kappa shape index (κ2) is 9.51. The predicted molar refractivity (Wildman–Crippen MR) is 89.2 cm³/mol. The molecule has 5 nitrogen and oxygen atoms in total. The third-order valence-electron chi connectivity index (χ3n) is 4.11. The quantitative estimate of drug-likeness (QED) is 0.621. The van der Waals surface area contributed by atoms with Gasteiger partial charge in [0.15, 0.2) is 5.96 Å². The van der Waals surface area contributed by atoms with Crippen molar-refractivity contribution >= 4 is 5.96 Å². The lowest BCUT2D eigenvalue weighted by Gasteiger charge is -2.26. The summed E-state index contributed by atoms with van der Waals surface area (Å²) in [6.07, 6.45) is 6.16. The smallest absolute Gasteiger partial charge is 0.193 e. The zero-order valence-corrected chi connectivity index (χ0v) is 13.9. The van der Waals surface area contributed by atoms with Crippen molar-refractivity contribution in [1.82, 2.24) is 10.2 Å². The van der Waals surface area contributed by atoms with Crippen molar-refractivity contribution in [2.75, 3.05) is 39.9 Å². The molecule has 0 bridgehead atoms. The van der Waals surface area contributed by atoms with E-state index in [2.05, 4.69) is 24.2 Å². The van der Waals surface area contributed by atoms with Gasteiger partial charge in [0.2, 0.25) is 0 Å². The highest BCUT2D eigenvalue weighted by atomic mass is 16.5. The van der Waals surface area contributed by atoms with Gasteiger partial charge in [-0.2, -0.15) is 0 Å².